The van der Waals surface area contributed by atoms with Crippen molar-refractivity contribution in [2.24, 2.45) is 5.92 Å². The molecule has 0 amide bonds. The monoisotopic (exact) mass is 271 g/mol. The van der Waals surface area contributed by atoms with E-state index in [2.05, 4.69) is 33.3 Å². The molecule has 2 bridgehead atoms. The molecular weight excluding hydrogens is 250 g/mol. The molecule has 3 aliphatic rings. The van der Waals surface area contributed by atoms with Crippen LogP contribution in [-0.4, -0.2) is 39.1 Å². The van der Waals surface area contributed by atoms with Crippen LogP contribution < -0.4 is 5.73 Å². The Morgan fingerprint density at radius 3 is 2.60 bits per heavy atom. The maximum Gasteiger partial charge on any atom is 0.146 e. The molecule has 0 aliphatic carbocycles. The fourth-order valence-corrected chi connectivity index (χ4v) is 4.08. The van der Waals surface area contributed by atoms with Gasteiger partial charge in [0.25, 0.3) is 0 Å². The highest BCUT2D eigenvalue weighted by atomic mass is 15.2. The van der Waals surface area contributed by atoms with Crippen LogP contribution >= 0.6 is 0 Å². The molecule has 2 aromatic rings. The summed E-state index contributed by atoms with van der Waals surface area (Å²) in [6.45, 7) is 7.99. The maximum absolute atomic E-state index is 6.07. The molecule has 5 heteroatoms. The topological polar surface area (TPSA) is 60.0 Å². The SMILES string of the molecule is Cc1c(C)n(C2CN3CCC2CC3)c2ncnc(N)c12. The van der Waals surface area contributed by atoms with Crippen LogP contribution in [0.3, 0.4) is 0 Å². The zero-order valence-corrected chi connectivity index (χ0v) is 12.1. The summed E-state index contributed by atoms with van der Waals surface area (Å²) in [5.41, 5.74) is 9.62. The second-order valence-electron chi connectivity index (χ2n) is 6.24. The van der Waals surface area contributed by atoms with Gasteiger partial charge in [-0.1, -0.05) is 0 Å². The van der Waals surface area contributed by atoms with Gasteiger partial charge in [-0.05, 0) is 51.3 Å². The smallest absolute Gasteiger partial charge is 0.146 e. The quantitative estimate of drug-likeness (QED) is 0.860. The molecular formula is C15H21N5. The van der Waals surface area contributed by atoms with Crippen LogP contribution in [0.5, 0.6) is 0 Å². The number of hydrogen-bond donors (Lipinski definition) is 1. The van der Waals surface area contributed by atoms with Gasteiger partial charge in [-0.25, -0.2) is 9.97 Å². The van der Waals surface area contributed by atoms with Crippen LogP contribution in [0.15, 0.2) is 6.33 Å². The van der Waals surface area contributed by atoms with E-state index < -0.39 is 0 Å². The van der Waals surface area contributed by atoms with Crippen LogP contribution in [0.1, 0.15) is 30.1 Å². The summed E-state index contributed by atoms with van der Waals surface area (Å²) in [4.78, 5) is 11.3. The van der Waals surface area contributed by atoms with Crippen LogP contribution in [0.2, 0.25) is 0 Å². The number of nitrogen functional groups attached to an aromatic ring is 1. The second kappa shape index (κ2) is 4.19. The van der Waals surface area contributed by atoms with E-state index in [-0.39, 0.29) is 0 Å². The van der Waals surface area contributed by atoms with Gasteiger partial charge >= 0.3 is 0 Å². The highest BCUT2D eigenvalue weighted by Gasteiger charge is 2.37. The standard InChI is InChI=1S/C15H21N5/c1-9-10(2)20(15-13(9)14(16)17-8-18-15)12-7-19-5-3-11(12)4-6-19/h8,11-12H,3-7H2,1-2H3,(H2,16,17,18). The minimum atomic E-state index is 0.544. The van der Waals surface area contributed by atoms with Crippen LogP contribution in [-0.2, 0) is 0 Å². The lowest BCUT2D eigenvalue weighted by Gasteiger charge is -2.45. The number of fused-ring (bicyclic) bond motifs is 4. The summed E-state index contributed by atoms with van der Waals surface area (Å²) in [7, 11) is 0. The predicted octanol–water partition coefficient (Wildman–Crippen LogP) is 1.90. The minimum absolute atomic E-state index is 0.544. The Kier molecular flexibility index (Phi) is 2.54. The van der Waals surface area contributed by atoms with E-state index in [4.69, 9.17) is 5.73 Å². The third-order valence-electron chi connectivity index (χ3n) is 5.32. The van der Waals surface area contributed by atoms with Crippen molar-refractivity contribution in [2.75, 3.05) is 25.4 Å². The molecule has 2 aromatic heterocycles. The van der Waals surface area contributed by atoms with Crippen molar-refractivity contribution in [3.05, 3.63) is 17.6 Å². The third kappa shape index (κ3) is 1.53. The Labute approximate surface area is 118 Å². The molecule has 1 atom stereocenters. The van der Waals surface area contributed by atoms with Crippen LogP contribution in [0.4, 0.5) is 5.82 Å². The van der Waals surface area contributed by atoms with Crippen molar-refractivity contribution in [1.82, 2.24) is 19.4 Å². The molecule has 0 saturated carbocycles. The first kappa shape index (κ1) is 12.1. The van der Waals surface area contributed by atoms with Gasteiger partial charge in [0.1, 0.15) is 17.8 Å². The average Bonchev–Trinajstić information content (AvgIpc) is 2.73. The van der Waals surface area contributed by atoms with E-state index in [0.717, 1.165) is 23.5 Å². The lowest BCUT2D eigenvalue weighted by atomic mass is 9.84. The molecule has 2 N–H and O–H groups in total. The first-order valence-corrected chi connectivity index (χ1v) is 7.46. The second-order valence-corrected chi connectivity index (χ2v) is 6.24. The highest BCUT2D eigenvalue weighted by Crippen LogP contribution is 2.40. The van der Waals surface area contributed by atoms with Gasteiger partial charge < -0.3 is 15.2 Å². The number of piperidine rings is 3. The summed E-state index contributed by atoms with van der Waals surface area (Å²) < 4.78 is 2.43. The Bertz CT molecular complexity index is 666. The van der Waals surface area contributed by atoms with E-state index in [1.54, 1.807) is 6.33 Å². The molecule has 0 aromatic carbocycles. The molecule has 3 fully saturated rings. The number of nitrogens with two attached hydrogens (primary N) is 1. The number of hydrogen-bond acceptors (Lipinski definition) is 4. The molecule has 5 heterocycles. The van der Waals surface area contributed by atoms with Gasteiger partial charge in [-0.3, -0.25) is 0 Å². The molecule has 1 unspecified atom stereocenters. The van der Waals surface area contributed by atoms with E-state index in [0.29, 0.717) is 11.9 Å². The van der Waals surface area contributed by atoms with Crippen LogP contribution in [0, 0.1) is 19.8 Å². The normalized spacial score (nSPS) is 29.2. The molecule has 3 saturated heterocycles. The van der Waals surface area contributed by atoms with E-state index in [1.165, 1.54) is 37.2 Å². The lowest BCUT2D eigenvalue weighted by Crippen LogP contribution is -2.48. The summed E-state index contributed by atoms with van der Waals surface area (Å²) in [5.74, 6) is 1.39. The average molecular weight is 271 g/mol. The number of aryl methyl sites for hydroxylation is 1. The zero-order valence-electron chi connectivity index (χ0n) is 12.1. The fourth-order valence-electron chi connectivity index (χ4n) is 4.08. The minimum Gasteiger partial charge on any atom is -0.383 e. The van der Waals surface area contributed by atoms with Crippen molar-refractivity contribution in [3.8, 4) is 0 Å². The summed E-state index contributed by atoms with van der Waals surface area (Å²) in [6, 6.07) is 0.544. The van der Waals surface area contributed by atoms with Gasteiger partial charge in [-0.2, -0.15) is 0 Å². The van der Waals surface area contributed by atoms with Gasteiger partial charge in [-0.15, -0.1) is 0 Å². The lowest BCUT2D eigenvalue weighted by molar-refractivity contribution is 0.0580. The Morgan fingerprint density at radius 2 is 1.95 bits per heavy atom. The van der Waals surface area contributed by atoms with Gasteiger partial charge in [0.15, 0.2) is 0 Å². The molecule has 20 heavy (non-hydrogen) atoms. The van der Waals surface area contributed by atoms with E-state index >= 15 is 0 Å². The van der Waals surface area contributed by atoms with Crippen LogP contribution in [0.25, 0.3) is 11.0 Å². The van der Waals surface area contributed by atoms with E-state index in [1.807, 2.05) is 0 Å². The number of anilines is 1. The van der Waals surface area contributed by atoms with Gasteiger partial charge in [0, 0.05) is 12.2 Å². The molecule has 106 valence electrons. The van der Waals surface area contributed by atoms with Crippen molar-refractivity contribution >= 4 is 16.9 Å². The molecule has 5 nitrogen and oxygen atoms in total. The fraction of sp³-hybridized carbons (Fsp3) is 0.600. The number of rotatable bonds is 1. The third-order valence-corrected chi connectivity index (χ3v) is 5.32. The van der Waals surface area contributed by atoms with Crippen molar-refractivity contribution in [3.63, 3.8) is 0 Å². The first-order chi connectivity index (χ1) is 9.66. The molecule has 3 aliphatic heterocycles. The predicted molar refractivity (Wildman–Crippen MR) is 79.6 cm³/mol. The highest BCUT2D eigenvalue weighted by molar-refractivity contribution is 5.90. The molecule has 0 radical (unpaired) electrons. The van der Waals surface area contributed by atoms with Crippen molar-refractivity contribution < 1.29 is 0 Å². The molecule has 5 rings (SSSR count). The Hall–Kier alpha value is -1.62. The Balaban J connectivity index is 1.92. The largest absolute Gasteiger partial charge is 0.383 e. The number of aromatic nitrogens is 3. The molecule has 0 spiro atoms. The maximum atomic E-state index is 6.07. The Morgan fingerprint density at radius 1 is 1.20 bits per heavy atom. The summed E-state index contributed by atoms with van der Waals surface area (Å²) in [5, 5.41) is 1.04. The van der Waals surface area contributed by atoms with Crippen molar-refractivity contribution in [2.45, 2.75) is 32.7 Å². The van der Waals surface area contributed by atoms with Gasteiger partial charge in [0.05, 0.1) is 11.4 Å². The zero-order chi connectivity index (χ0) is 13.9. The first-order valence-electron chi connectivity index (χ1n) is 7.46. The van der Waals surface area contributed by atoms with E-state index in [9.17, 15) is 0 Å². The number of nitrogens with zero attached hydrogens (tertiary/aromatic N) is 4. The summed E-state index contributed by atoms with van der Waals surface area (Å²) >= 11 is 0. The van der Waals surface area contributed by atoms with Crippen molar-refractivity contribution in [1.29, 1.82) is 0 Å². The summed E-state index contributed by atoms with van der Waals surface area (Å²) in [6.07, 6.45) is 4.21. The van der Waals surface area contributed by atoms with Gasteiger partial charge in [0.2, 0.25) is 0 Å².